The second-order valence-corrected chi connectivity index (χ2v) is 13.5. The highest BCUT2D eigenvalue weighted by atomic mass is 16.1. The SMILES string of the molecule is CCC(c1cc(CC(=O)C(C)(C)C)[nH]c1C=c1[nH]c(=CC(=O)C(C)(C)C)cc1C(CC)C(C)C)C(C)C. The molecule has 0 aliphatic carbocycles. The number of rotatable bonds is 10. The molecule has 0 aliphatic heterocycles. The smallest absolute Gasteiger partial charge is 0.163 e. The molecule has 0 spiro atoms. The third-order valence-corrected chi connectivity index (χ3v) is 7.63. The molecule has 37 heavy (non-hydrogen) atoms. The number of ketones is 2. The number of carbonyl (C=O) groups excluding carboxylic acids is 2. The largest absolute Gasteiger partial charge is 0.358 e. The monoisotopic (exact) mass is 508 g/mol. The maximum absolute atomic E-state index is 12.9. The van der Waals surface area contributed by atoms with Crippen LogP contribution in [-0.2, 0) is 16.0 Å². The van der Waals surface area contributed by atoms with E-state index in [9.17, 15) is 9.59 Å². The highest BCUT2D eigenvalue weighted by Crippen LogP contribution is 2.32. The van der Waals surface area contributed by atoms with Crippen LogP contribution in [0.1, 0.15) is 130 Å². The Morgan fingerprint density at radius 1 is 0.811 bits per heavy atom. The zero-order valence-electron chi connectivity index (χ0n) is 25.6. The van der Waals surface area contributed by atoms with Crippen LogP contribution in [0.15, 0.2) is 12.1 Å². The normalized spacial score (nSPS) is 15.6. The Bertz CT molecular complexity index is 1190. The average molecular weight is 509 g/mol. The molecule has 2 N–H and O–H groups in total. The van der Waals surface area contributed by atoms with E-state index in [-0.39, 0.29) is 17.0 Å². The van der Waals surface area contributed by atoms with Gasteiger partial charge in [0.05, 0.1) is 0 Å². The van der Waals surface area contributed by atoms with Crippen LogP contribution in [0.4, 0.5) is 0 Å². The van der Waals surface area contributed by atoms with Gasteiger partial charge in [0.2, 0.25) is 0 Å². The van der Waals surface area contributed by atoms with E-state index in [2.05, 4.69) is 69.7 Å². The number of nitrogens with one attached hydrogen (secondary N) is 2. The number of H-pyrrole nitrogens is 2. The van der Waals surface area contributed by atoms with Gasteiger partial charge in [-0.25, -0.2) is 0 Å². The molecule has 2 aromatic rings. The molecule has 2 unspecified atom stereocenters. The van der Waals surface area contributed by atoms with Gasteiger partial charge in [0.25, 0.3) is 0 Å². The van der Waals surface area contributed by atoms with Gasteiger partial charge in [-0.2, -0.15) is 0 Å². The van der Waals surface area contributed by atoms with E-state index in [1.54, 1.807) is 6.08 Å². The number of carbonyl (C=O) groups is 2. The predicted molar refractivity (Wildman–Crippen MR) is 157 cm³/mol. The number of hydrogen-bond donors (Lipinski definition) is 2. The van der Waals surface area contributed by atoms with Gasteiger partial charge in [-0.15, -0.1) is 0 Å². The zero-order valence-corrected chi connectivity index (χ0v) is 25.6. The molecule has 0 amide bonds. The summed E-state index contributed by atoms with van der Waals surface area (Å²) in [5.74, 6) is 2.06. The highest BCUT2D eigenvalue weighted by molar-refractivity contribution is 6.08. The summed E-state index contributed by atoms with van der Waals surface area (Å²) in [6.07, 6.45) is 6.42. The molecule has 0 aromatic carbocycles. The number of hydrogen-bond acceptors (Lipinski definition) is 2. The Balaban J connectivity index is 2.80. The van der Waals surface area contributed by atoms with Crippen LogP contribution in [0.25, 0.3) is 12.2 Å². The van der Waals surface area contributed by atoms with Gasteiger partial charge in [-0.05, 0) is 65.8 Å². The molecule has 2 rings (SSSR count). The van der Waals surface area contributed by atoms with E-state index in [1.807, 2.05) is 41.5 Å². The van der Waals surface area contributed by atoms with Crippen molar-refractivity contribution in [1.29, 1.82) is 0 Å². The molecule has 0 saturated heterocycles. The van der Waals surface area contributed by atoms with Gasteiger partial charge in [0.15, 0.2) is 5.78 Å². The van der Waals surface area contributed by atoms with Gasteiger partial charge in [0.1, 0.15) is 5.78 Å². The van der Waals surface area contributed by atoms with Crippen molar-refractivity contribution in [2.45, 2.75) is 114 Å². The molecule has 0 radical (unpaired) electrons. The topological polar surface area (TPSA) is 65.7 Å². The second kappa shape index (κ2) is 12.0. The lowest BCUT2D eigenvalue weighted by atomic mass is 9.85. The Kier molecular flexibility index (Phi) is 10.0. The summed E-state index contributed by atoms with van der Waals surface area (Å²) in [6, 6.07) is 4.37. The number of aromatic amines is 2. The minimum atomic E-state index is -0.427. The van der Waals surface area contributed by atoms with E-state index < -0.39 is 5.41 Å². The summed E-state index contributed by atoms with van der Waals surface area (Å²) in [4.78, 5) is 32.9. The van der Waals surface area contributed by atoms with Crippen molar-refractivity contribution >= 4 is 23.7 Å². The molecular formula is C33H52N2O2. The summed E-state index contributed by atoms with van der Waals surface area (Å²) in [5.41, 5.74) is 3.75. The lowest BCUT2D eigenvalue weighted by Gasteiger charge is -2.19. The summed E-state index contributed by atoms with van der Waals surface area (Å²) >= 11 is 0. The molecule has 0 bridgehead atoms. The van der Waals surface area contributed by atoms with Crippen LogP contribution in [-0.4, -0.2) is 21.5 Å². The number of aromatic nitrogens is 2. The predicted octanol–water partition coefficient (Wildman–Crippen LogP) is 7.02. The number of Topliss-reactive ketones (excluding diaryl/α,β-unsaturated/α-hetero) is 2. The van der Waals surface area contributed by atoms with E-state index in [4.69, 9.17) is 0 Å². The van der Waals surface area contributed by atoms with Crippen LogP contribution in [0.3, 0.4) is 0 Å². The summed E-state index contributed by atoms with van der Waals surface area (Å²) < 4.78 is 0. The van der Waals surface area contributed by atoms with Gasteiger partial charge < -0.3 is 9.97 Å². The van der Waals surface area contributed by atoms with Crippen molar-refractivity contribution in [2.75, 3.05) is 0 Å². The van der Waals surface area contributed by atoms with Crippen molar-refractivity contribution in [3.05, 3.63) is 45.3 Å². The van der Waals surface area contributed by atoms with Crippen LogP contribution in [0.5, 0.6) is 0 Å². The highest BCUT2D eigenvalue weighted by Gasteiger charge is 2.25. The molecule has 206 valence electrons. The van der Waals surface area contributed by atoms with Crippen molar-refractivity contribution in [3.63, 3.8) is 0 Å². The molecule has 2 aromatic heterocycles. The summed E-state index contributed by atoms with van der Waals surface area (Å²) in [5, 5.41) is 1.90. The maximum atomic E-state index is 12.9. The first kappa shape index (κ1) is 30.9. The van der Waals surface area contributed by atoms with Crippen LogP contribution < -0.4 is 10.7 Å². The second-order valence-electron chi connectivity index (χ2n) is 13.5. The van der Waals surface area contributed by atoms with Crippen LogP contribution in [0.2, 0.25) is 0 Å². The van der Waals surface area contributed by atoms with Crippen LogP contribution in [0, 0.1) is 22.7 Å². The lowest BCUT2D eigenvalue weighted by Crippen LogP contribution is -2.22. The first-order valence-corrected chi connectivity index (χ1v) is 14.2. The molecule has 4 nitrogen and oxygen atoms in total. The lowest BCUT2D eigenvalue weighted by molar-refractivity contribution is -0.125. The Labute approximate surface area is 225 Å². The summed E-state index contributed by atoms with van der Waals surface area (Å²) in [7, 11) is 0. The first-order chi connectivity index (χ1) is 17.0. The Hall–Kier alpha value is -2.36. The van der Waals surface area contributed by atoms with E-state index in [0.29, 0.717) is 30.1 Å². The van der Waals surface area contributed by atoms with Gasteiger partial charge in [-0.3, -0.25) is 9.59 Å². The third kappa shape index (κ3) is 7.82. The van der Waals surface area contributed by atoms with Gasteiger partial charge >= 0.3 is 0 Å². The quantitative estimate of drug-likeness (QED) is 0.362. The van der Waals surface area contributed by atoms with Crippen molar-refractivity contribution in [1.82, 2.24) is 9.97 Å². The fourth-order valence-corrected chi connectivity index (χ4v) is 5.12. The summed E-state index contributed by atoms with van der Waals surface area (Å²) in [6.45, 7) is 25.3. The van der Waals surface area contributed by atoms with E-state index >= 15 is 0 Å². The Morgan fingerprint density at radius 3 is 1.81 bits per heavy atom. The minimum absolute atomic E-state index is 0.110. The molecule has 2 atom stereocenters. The van der Waals surface area contributed by atoms with E-state index in [0.717, 1.165) is 34.9 Å². The molecule has 0 aliphatic rings. The van der Waals surface area contributed by atoms with Gasteiger partial charge in [0, 0.05) is 45.4 Å². The maximum Gasteiger partial charge on any atom is 0.163 e. The van der Waals surface area contributed by atoms with E-state index in [1.165, 1.54) is 11.1 Å². The first-order valence-electron chi connectivity index (χ1n) is 14.2. The molecule has 4 heteroatoms. The van der Waals surface area contributed by atoms with Crippen molar-refractivity contribution in [2.24, 2.45) is 22.7 Å². The molecule has 0 fully saturated rings. The van der Waals surface area contributed by atoms with Crippen LogP contribution >= 0.6 is 0 Å². The molecule has 0 saturated carbocycles. The fourth-order valence-electron chi connectivity index (χ4n) is 5.12. The third-order valence-electron chi connectivity index (χ3n) is 7.63. The van der Waals surface area contributed by atoms with Crippen molar-refractivity contribution < 1.29 is 9.59 Å². The standard InChI is InChI=1S/C33H52N2O2/c1-13-24(20(3)4)26-15-22(17-30(36)32(7,8)9)34-28(26)19-29-27(25(14-2)21(5)6)16-23(35-29)18-31(37)33(10,11)12/h15-17,19-21,24-25,34-35H,13-14,18H2,1-12H3. The van der Waals surface area contributed by atoms with Crippen molar-refractivity contribution in [3.8, 4) is 0 Å². The fraction of sp³-hybridized carbons (Fsp3) is 0.636. The molecule has 2 heterocycles. The zero-order chi connectivity index (χ0) is 28.3. The van der Waals surface area contributed by atoms with Gasteiger partial charge in [-0.1, -0.05) is 83.1 Å². The Morgan fingerprint density at radius 2 is 1.35 bits per heavy atom. The average Bonchev–Trinajstić information content (AvgIpc) is 3.31. The molecular weight excluding hydrogens is 456 g/mol. The minimum Gasteiger partial charge on any atom is -0.358 e.